The van der Waals surface area contributed by atoms with E-state index in [0.29, 0.717) is 10.9 Å². The number of nitrogens with one attached hydrogen (secondary N) is 3. The second-order valence-corrected chi connectivity index (χ2v) is 6.44. The average Bonchev–Trinajstić information content (AvgIpc) is 2.96. The van der Waals surface area contributed by atoms with Crippen LogP contribution in [0.15, 0.2) is 59.7 Å². The summed E-state index contributed by atoms with van der Waals surface area (Å²) in [6.45, 7) is 0. The van der Waals surface area contributed by atoms with Gasteiger partial charge >= 0.3 is 0 Å². The molecule has 3 rings (SSSR count). The number of amidine groups is 1. The molecule has 0 radical (unpaired) electrons. The number of anilines is 2. The topological polar surface area (TPSA) is 82.6 Å². The maximum Gasteiger partial charge on any atom is 0.240 e. The molecule has 8 heteroatoms. The summed E-state index contributed by atoms with van der Waals surface area (Å²) in [4.78, 5) is 24.0. The van der Waals surface area contributed by atoms with Crippen LogP contribution in [0.25, 0.3) is 0 Å². The Morgan fingerprint density at radius 1 is 1.12 bits per heavy atom. The van der Waals surface area contributed by atoms with Gasteiger partial charge in [-0.15, -0.1) is 5.10 Å². The van der Waals surface area contributed by atoms with Gasteiger partial charge in [0.25, 0.3) is 0 Å². The molecule has 128 valence electrons. The smallest absolute Gasteiger partial charge is 0.240 e. The zero-order valence-electron chi connectivity index (χ0n) is 13.0. The molecule has 1 saturated heterocycles. The Hall–Kier alpha value is -2.87. The largest absolute Gasteiger partial charge is 0.326 e. The molecule has 1 heterocycles. The highest BCUT2D eigenvalue weighted by Crippen LogP contribution is 2.23. The fraction of sp³-hybridized carbons (Fsp3) is 0.118. The van der Waals surface area contributed by atoms with Gasteiger partial charge in [-0.3, -0.25) is 15.0 Å². The van der Waals surface area contributed by atoms with E-state index in [1.807, 2.05) is 30.3 Å². The van der Waals surface area contributed by atoms with Crippen LogP contribution in [0.5, 0.6) is 0 Å². The molecule has 1 fully saturated rings. The molecule has 0 saturated carbocycles. The maximum atomic E-state index is 12.9. The van der Waals surface area contributed by atoms with Gasteiger partial charge in [0.15, 0.2) is 5.17 Å². The van der Waals surface area contributed by atoms with Crippen molar-refractivity contribution < 1.29 is 14.0 Å². The van der Waals surface area contributed by atoms with Gasteiger partial charge in [-0.2, -0.15) is 0 Å². The number of hydrogen-bond acceptors (Lipinski definition) is 5. The van der Waals surface area contributed by atoms with E-state index in [1.54, 1.807) is 0 Å². The molecule has 2 amide bonds. The summed E-state index contributed by atoms with van der Waals surface area (Å²) >= 11 is 1.19. The van der Waals surface area contributed by atoms with E-state index < -0.39 is 5.25 Å². The number of nitrogens with zero attached hydrogens (tertiary/aromatic N) is 1. The van der Waals surface area contributed by atoms with Crippen LogP contribution in [0, 0.1) is 5.82 Å². The summed E-state index contributed by atoms with van der Waals surface area (Å²) in [5, 5.41) is 9.24. The molecule has 2 aromatic carbocycles. The van der Waals surface area contributed by atoms with Crippen molar-refractivity contribution in [2.45, 2.75) is 11.7 Å². The summed E-state index contributed by atoms with van der Waals surface area (Å²) in [6, 6.07) is 14.8. The second-order valence-electron chi connectivity index (χ2n) is 5.25. The van der Waals surface area contributed by atoms with E-state index in [4.69, 9.17) is 0 Å². The lowest BCUT2D eigenvalue weighted by Crippen LogP contribution is -2.28. The Kier molecular flexibility index (Phi) is 5.30. The summed E-state index contributed by atoms with van der Waals surface area (Å²) in [5.74, 6) is -0.972. The SMILES string of the molecule is O=C(C[C@@H]1SC(=NNc2ccccc2)NC1=O)Nc1ccc(F)cc1. The van der Waals surface area contributed by atoms with Crippen LogP contribution in [-0.2, 0) is 9.59 Å². The van der Waals surface area contributed by atoms with E-state index >= 15 is 0 Å². The van der Waals surface area contributed by atoms with Crippen molar-refractivity contribution in [3.05, 3.63) is 60.4 Å². The third kappa shape index (κ3) is 4.80. The standard InChI is InChI=1S/C17H15FN4O2S/c18-11-6-8-12(9-7-11)19-15(23)10-14-16(24)20-17(25-14)22-21-13-4-2-1-3-5-13/h1-9,14,21H,10H2,(H,19,23)(H,20,22,24)/t14-/m0/s1. The number of hydrogen-bond donors (Lipinski definition) is 3. The molecular weight excluding hydrogens is 343 g/mol. The summed E-state index contributed by atoms with van der Waals surface area (Å²) in [7, 11) is 0. The second kappa shape index (κ2) is 7.80. The molecule has 0 aliphatic carbocycles. The van der Waals surface area contributed by atoms with Gasteiger partial charge in [0.05, 0.1) is 5.69 Å². The minimum absolute atomic E-state index is 0.00175. The number of hydrazone groups is 1. The van der Waals surface area contributed by atoms with Gasteiger partial charge < -0.3 is 10.6 Å². The van der Waals surface area contributed by atoms with Crippen molar-refractivity contribution in [2.24, 2.45) is 5.10 Å². The summed E-state index contributed by atoms with van der Waals surface area (Å²) in [6.07, 6.45) is -0.00175. The van der Waals surface area contributed by atoms with Crippen LogP contribution in [0.2, 0.25) is 0 Å². The first-order valence-corrected chi connectivity index (χ1v) is 8.40. The van der Waals surface area contributed by atoms with Crippen LogP contribution >= 0.6 is 11.8 Å². The monoisotopic (exact) mass is 358 g/mol. The Morgan fingerprint density at radius 3 is 2.56 bits per heavy atom. The first kappa shape index (κ1) is 17.0. The highest BCUT2D eigenvalue weighted by Gasteiger charge is 2.32. The number of carbonyl (C=O) groups excluding carboxylic acids is 2. The van der Waals surface area contributed by atoms with Crippen molar-refractivity contribution in [3.8, 4) is 0 Å². The van der Waals surface area contributed by atoms with Crippen LogP contribution in [0.4, 0.5) is 15.8 Å². The van der Waals surface area contributed by atoms with Crippen molar-refractivity contribution >= 4 is 40.1 Å². The Balaban J connectivity index is 1.53. The number of halogens is 1. The van der Waals surface area contributed by atoms with Crippen LogP contribution in [0.3, 0.4) is 0 Å². The van der Waals surface area contributed by atoms with E-state index in [-0.39, 0.29) is 24.1 Å². The minimum Gasteiger partial charge on any atom is -0.326 e. The molecule has 2 aromatic rings. The fourth-order valence-corrected chi connectivity index (χ4v) is 3.06. The molecule has 6 nitrogen and oxygen atoms in total. The van der Waals surface area contributed by atoms with Gasteiger partial charge in [0.2, 0.25) is 11.8 Å². The first-order valence-electron chi connectivity index (χ1n) is 7.52. The fourth-order valence-electron chi connectivity index (χ4n) is 2.13. The quantitative estimate of drug-likeness (QED) is 0.718. The van der Waals surface area contributed by atoms with Crippen molar-refractivity contribution in [2.75, 3.05) is 10.7 Å². The third-order valence-corrected chi connectivity index (χ3v) is 4.42. The lowest BCUT2D eigenvalue weighted by atomic mass is 10.2. The number of thioether (sulfide) groups is 1. The first-order chi connectivity index (χ1) is 12.1. The van der Waals surface area contributed by atoms with E-state index in [1.165, 1.54) is 36.0 Å². The molecule has 0 aromatic heterocycles. The van der Waals surface area contributed by atoms with E-state index in [9.17, 15) is 14.0 Å². The van der Waals surface area contributed by atoms with Gasteiger partial charge in [0, 0.05) is 12.1 Å². The van der Waals surface area contributed by atoms with Gasteiger partial charge in [-0.05, 0) is 36.4 Å². The molecule has 25 heavy (non-hydrogen) atoms. The minimum atomic E-state index is -0.559. The lowest BCUT2D eigenvalue weighted by molar-refractivity contribution is -0.122. The zero-order chi connectivity index (χ0) is 17.6. The molecule has 0 spiro atoms. The molecule has 0 unspecified atom stereocenters. The number of rotatable bonds is 5. The van der Waals surface area contributed by atoms with Crippen LogP contribution < -0.4 is 16.1 Å². The van der Waals surface area contributed by atoms with Crippen LogP contribution in [-0.4, -0.2) is 22.2 Å². The molecule has 1 aliphatic heterocycles. The molecule has 0 bridgehead atoms. The van der Waals surface area contributed by atoms with Gasteiger partial charge in [-0.1, -0.05) is 30.0 Å². The molecule has 1 aliphatic rings. The van der Waals surface area contributed by atoms with Crippen molar-refractivity contribution in [1.82, 2.24) is 5.32 Å². The number of amides is 2. The third-order valence-electron chi connectivity index (χ3n) is 3.34. The van der Waals surface area contributed by atoms with Gasteiger partial charge in [0.1, 0.15) is 11.1 Å². The van der Waals surface area contributed by atoms with E-state index in [2.05, 4.69) is 21.2 Å². The highest BCUT2D eigenvalue weighted by atomic mass is 32.2. The predicted molar refractivity (Wildman–Crippen MR) is 96.7 cm³/mol. The highest BCUT2D eigenvalue weighted by molar-refractivity contribution is 8.15. The average molecular weight is 358 g/mol. The number of benzene rings is 2. The Morgan fingerprint density at radius 2 is 1.84 bits per heavy atom. The van der Waals surface area contributed by atoms with Gasteiger partial charge in [-0.25, -0.2) is 4.39 Å². The predicted octanol–water partition coefficient (Wildman–Crippen LogP) is 2.77. The summed E-state index contributed by atoms with van der Waals surface area (Å²) < 4.78 is 12.9. The lowest BCUT2D eigenvalue weighted by Gasteiger charge is -2.07. The normalized spacial score (nSPS) is 18.0. The van der Waals surface area contributed by atoms with Crippen molar-refractivity contribution in [1.29, 1.82) is 0 Å². The maximum absolute atomic E-state index is 12.9. The molecule has 3 N–H and O–H groups in total. The Labute approximate surface area is 147 Å². The number of carbonyl (C=O) groups is 2. The van der Waals surface area contributed by atoms with Crippen LogP contribution in [0.1, 0.15) is 6.42 Å². The number of para-hydroxylation sites is 1. The molecular formula is C17H15FN4O2S. The van der Waals surface area contributed by atoms with Crippen molar-refractivity contribution in [3.63, 3.8) is 0 Å². The molecule has 1 atom stereocenters. The Bertz CT molecular complexity index is 796. The van der Waals surface area contributed by atoms with E-state index in [0.717, 1.165) is 5.69 Å². The summed E-state index contributed by atoms with van der Waals surface area (Å²) in [5.41, 5.74) is 4.12. The zero-order valence-corrected chi connectivity index (χ0v) is 13.8.